The summed E-state index contributed by atoms with van der Waals surface area (Å²) in [6.07, 6.45) is 4.50. The maximum absolute atomic E-state index is 13.1. The molecule has 0 aliphatic heterocycles. The number of ether oxygens (including phenoxy) is 1. The topological polar surface area (TPSA) is 63.7 Å². The summed E-state index contributed by atoms with van der Waals surface area (Å²) in [6.45, 7) is 1.74. The number of terminal acetylenes is 1. The molecule has 5 nitrogen and oxygen atoms in total. The van der Waals surface area contributed by atoms with Crippen LogP contribution in [0.25, 0.3) is 11.1 Å². The molecule has 3 aromatic carbocycles. The van der Waals surface area contributed by atoms with Crippen molar-refractivity contribution in [1.82, 2.24) is 4.31 Å². The van der Waals surface area contributed by atoms with Crippen molar-refractivity contribution in [3.05, 3.63) is 89.5 Å². The van der Waals surface area contributed by atoms with E-state index in [9.17, 15) is 13.2 Å². The van der Waals surface area contributed by atoms with Gasteiger partial charge >= 0.3 is 6.09 Å². The van der Waals surface area contributed by atoms with Gasteiger partial charge in [-0.1, -0.05) is 66.2 Å². The van der Waals surface area contributed by atoms with Gasteiger partial charge in [-0.15, -0.1) is 12.3 Å². The third kappa shape index (κ3) is 4.00. The zero-order valence-electron chi connectivity index (χ0n) is 17.7. The summed E-state index contributed by atoms with van der Waals surface area (Å²) in [5, 5.41) is 0. The summed E-state index contributed by atoms with van der Waals surface area (Å²) in [5.41, 5.74) is 5.22. The number of fused-ring (bicyclic) bond motifs is 3. The lowest BCUT2D eigenvalue weighted by Crippen LogP contribution is -2.38. The average Bonchev–Trinajstić information content (AvgIpc) is 3.12. The highest BCUT2D eigenvalue weighted by molar-refractivity contribution is 7.89. The molecule has 32 heavy (non-hydrogen) atoms. The van der Waals surface area contributed by atoms with Crippen molar-refractivity contribution in [2.45, 2.75) is 24.2 Å². The van der Waals surface area contributed by atoms with E-state index in [0.717, 1.165) is 32.1 Å². The number of carbonyl (C=O) groups is 1. The number of aryl methyl sites for hydroxylation is 1. The zero-order valence-corrected chi connectivity index (χ0v) is 18.5. The third-order valence-corrected chi connectivity index (χ3v) is 7.39. The van der Waals surface area contributed by atoms with Crippen LogP contribution in [0.4, 0.5) is 4.79 Å². The summed E-state index contributed by atoms with van der Waals surface area (Å²) >= 11 is 0. The normalized spacial score (nSPS) is 12.5. The van der Waals surface area contributed by atoms with Crippen LogP contribution in [0.15, 0.2) is 77.7 Å². The monoisotopic (exact) mass is 445 g/mol. The van der Waals surface area contributed by atoms with Gasteiger partial charge in [0, 0.05) is 12.3 Å². The molecule has 0 atom stereocenters. The lowest BCUT2D eigenvalue weighted by Gasteiger charge is -2.23. The number of carbonyl (C=O) groups excluding carboxylic acids is 1. The lowest BCUT2D eigenvalue weighted by molar-refractivity contribution is 0.123. The summed E-state index contributed by atoms with van der Waals surface area (Å²) in [5.74, 6) is 2.23. The smallest absolute Gasteiger partial charge is 0.423 e. The SMILES string of the molecule is C#CCCN(C(=O)OCC1c2ccccc2-c2ccccc21)S(=O)(=O)c1ccc(C)cc1. The molecule has 0 spiro atoms. The number of benzene rings is 3. The lowest BCUT2D eigenvalue weighted by atomic mass is 9.98. The highest BCUT2D eigenvalue weighted by atomic mass is 32.2. The van der Waals surface area contributed by atoms with Crippen LogP contribution in [-0.4, -0.2) is 32.0 Å². The summed E-state index contributed by atoms with van der Waals surface area (Å²) < 4.78 is 32.6. The maximum Gasteiger partial charge on any atom is 0.423 e. The standard InChI is InChI=1S/C26H23NO4S/c1-3-4-17-27(32(29,30)20-15-13-19(2)14-16-20)26(28)31-18-25-23-11-7-5-9-21(23)22-10-6-8-12-24(22)25/h1,5-16,25H,4,17-18H2,2H3. The molecule has 1 aliphatic carbocycles. The fraction of sp³-hybridized carbons (Fsp3) is 0.192. The number of hydrogen-bond acceptors (Lipinski definition) is 4. The Bertz CT molecular complexity index is 1240. The molecule has 0 saturated carbocycles. The molecule has 0 saturated heterocycles. The Morgan fingerprint density at radius 3 is 2.09 bits per heavy atom. The highest BCUT2D eigenvalue weighted by Gasteiger charge is 2.33. The molecule has 0 radical (unpaired) electrons. The van der Waals surface area contributed by atoms with Crippen LogP contribution in [0.5, 0.6) is 0 Å². The minimum Gasteiger partial charge on any atom is -0.448 e. The highest BCUT2D eigenvalue weighted by Crippen LogP contribution is 2.44. The molecule has 1 amide bonds. The van der Waals surface area contributed by atoms with Gasteiger partial charge in [0.1, 0.15) is 6.61 Å². The van der Waals surface area contributed by atoms with Gasteiger partial charge in [0.25, 0.3) is 10.0 Å². The van der Waals surface area contributed by atoms with Crippen molar-refractivity contribution in [1.29, 1.82) is 0 Å². The zero-order chi connectivity index (χ0) is 22.7. The second-order valence-electron chi connectivity index (χ2n) is 7.65. The molecule has 0 unspecified atom stereocenters. The molecule has 162 valence electrons. The maximum atomic E-state index is 13.1. The van der Waals surface area contributed by atoms with Crippen LogP contribution < -0.4 is 0 Å². The van der Waals surface area contributed by atoms with Crippen LogP contribution in [0, 0.1) is 19.3 Å². The fourth-order valence-corrected chi connectivity index (χ4v) is 5.29. The van der Waals surface area contributed by atoms with E-state index in [4.69, 9.17) is 11.2 Å². The summed E-state index contributed by atoms with van der Waals surface area (Å²) in [7, 11) is -4.09. The number of nitrogens with zero attached hydrogens (tertiary/aromatic N) is 1. The Morgan fingerprint density at radius 1 is 0.969 bits per heavy atom. The van der Waals surface area contributed by atoms with E-state index in [2.05, 4.69) is 5.92 Å². The van der Waals surface area contributed by atoms with E-state index < -0.39 is 16.1 Å². The molecule has 0 fully saturated rings. The van der Waals surface area contributed by atoms with Crippen molar-refractivity contribution in [3.8, 4) is 23.5 Å². The van der Waals surface area contributed by atoms with Crippen molar-refractivity contribution in [3.63, 3.8) is 0 Å². The molecule has 0 aromatic heterocycles. The number of amides is 1. The predicted molar refractivity (Wildman–Crippen MR) is 124 cm³/mol. The molecule has 0 N–H and O–H groups in total. The van der Waals surface area contributed by atoms with Gasteiger partial charge in [-0.25, -0.2) is 13.2 Å². The number of sulfonamides is 1. The number of hydrogen-bond donors (Lipinski definition) is 0. The van der Waals surface area contributed by atoms with Crippen molar-refractivity contribution < 1.29 is 17.9 Å². The van der Waals surface area contributed by atoms with Gasteiger partial charge in [-0.2, -0.15) is 4.31 Å². The van der Waals surface area contributed by atoms with Crippen LogP contribution in [-0.2, 0) is 14.8 Å². The van der Waals surface area contributed by atoms with E-state index in [1.54, 1.807) is 12.1 Å². The van der Waals surface area contributed by atoms with Crippen LogP contribution >= 0.6 is 0 Å². The van der Waals surface area contributed by atoms with E-state index >= 15 is 0 Å². The van der Waals surface area contributed by atoms with Crippen LogP contribution in [0.3, 0.4) is 0 Å². The molecule has 4 rings (SSSR count). The molecular formula is C26H23NO4S. The molecule has 0 heterocycles. The van der Waals surface area contributed by atoms with E-state index in [1.807, 2.05) is 55.5 Å². The molecule has 1 aliphatic rings. The quantitative estimate of drug-likeness (QED) is 0.503. The largest absolute Gasteiger partial charge is 0.448 e. The van der Waals surface area contributed by atoms with Gasteiger partial charge < -0.3 is 4.74 Å². The van der Waals surface area contributed by atoms with Crippen molar-refractivity contribution >= 4 is 16.1 Å². The Kier molecular flexibility index (Phi) is 6.02. The molecule has 6 heteroatoms. The summed E-state index contributed by atoms with van der Waals surface area (Å²) in [4.78, 5) is 13.0. The van der Waals surface area contributed by atoms with Gasteiger partial charge in [0.05, 0.1) is 11.4 Å². The van der Waals surface area contributed by atoms with Gasteiger partial charge in [-0.3, -0.25) is 0 Å². The first-order chi connectivity index (χ1) is 15.4. The first kappa shape index (κ1) is 21.7. The minimum absolute atomic E-state index is 0.0219. The van der Waals surface area contributed by atoms with E-state index in [-0.39, 0.29) is 30.4 Å². The first-order valence-electron chi connectivity index (χ1n) is 10.3. The van der Waals surface area contributed by atoms with Gasteiger partial charge in [-0.05, 0) is 41.3 Å². The summed E-state index contributed by atoms with van der Waals surface area (Å²) in [6, 6.07) is 22.2. The predicted octanol–water partition coefficient (Wildman–Crippen LogP) is 4.96. The van der Waals surface area contributed by atoms with Crippen LogP contribution in [0.1, 0.15) is 29.0 Å². The average molecular weight is 446 g/mol. The third-order valence-electron chi connectivity index (χ3n) is 5.61. The Balaban J connectivity index is 1.59. The minimum atomic E-state index is -4.09. The molecule has 0 bridgehead atoms. The molecule has 3 aromatic rings. The Labute approximate surface area is 188 Å². The Hall–Kier alpha value is -3.56. The number of rotatable bonds is 6. The van der Waals surface area contributed by atoms with Crippen molar-refractivity contribution in [2.75, 3.05) is 13.2 Å². The van der Waals surface area contributed by atoms with E-state index in [1.165, 1.54) is 12.1 Å². The second-order valence-corrected chi connectivity index (χ2v) is 9.51. The second kappa shape index (κ2) is 8.89. The Morgan fingerprint density at radius 2 is 1.53 bits per heavy atom. The van der Waals surface area contributed by atoms with Gasteiger partial charge in [0.2, 0.25) is 0 Å². The molecular weight excluding hydrogens is 422 g/mol. The van der Waals surface area contributed by atoms with Crippen molar-refractivity contribution in [2.24, 2.45) is 0 Å². The van der Waals surface area contributed by atoms with Gasteiger partial charge in [0.15, 0.2) is 0 Å². The fourth-order valence-electron chi connectivity index (χ4n) is 3.98. The first-order valence-corrected chi connectivity index (χ1v) is 11.8. The van der Waals surface area contributed by atoms with Crippen LogP contribution in [0.2, 0.25) is 0 Å². The van der Waals surface area contributed by atoms with E-state index in [0.29, 0.717) is 0 Å².